The summed E-state index contributed by atoms with van der Waals surface area (Å²) in [4.78, 5) is 2.52. The van der Waals surface area contributed by atoms with E-state index in [0.717, 1.165) is 45.8 Å². The predicted octanol–water partition coefficient (Wildman–Crippen LogP) is 2.84. The minimum absolute atomic E-state index is 0.140. The second-order valence-corrected chi connectivity index (χ2v) is 6.60. The monoisotopic (exact) mass is 290 g/mol. The maximum absolute atomic E-state index is 5.59. The maximum Gasteiger partial charge on any atom is 0.0645 e. The van der Waals surface area contributed by atoms with Crippen molar-refractivity contribution >= 4 is 0 Å². The van der Waals surface area contributed by atoms with Crippen LogP contribution in [0.15, 0.2) is 24.3 Å². The Hall–Kier alpha value is -0.900. The molecule has 1 aliphatic rings. The zero-order valence-corrected chi connectivity index (χ0v) is 13.8. The number of nitrogens with one attached hydrogen (secondary N) is 1. The lowest BCUT2D eigenvalue weighted by Gasteiger charge is -2.42. The van der Waals surface area contributed by atoms with Gasteiger partial charge in [-0.3, -0.25) is 4.90 Å². The van der Waals surface area contributed by atoms with Crippen molar-refractivity contribution in [2.75, 3.05) is 32.8 Å². The summed E-state index contributed by atoms with van der Waals surface area (Å²) < 4.78 is 5.59. The maximum atomic E-state index is 5.59. The van der Waals surface area contributed by atoms with Gasteiger partial charge in [0, 0.05) is 18.6 Å². The van der Waals surface area contributed by atoms with Crippen LogP contribution in [0.2, 0.25) is 0 Å². The fourth-order valence-corrected chi connectivity index (χ4v) is 2.75. The van der Waals surface area contributed by atoms with Crippen molar-refractivity contribution in [1.29, 1.82) is 0 Å². The van der Waals surface area contributed by atoms with Crippen LogP contribution in [-0.2, 0) is 17.7 Å². The first-order chi connectivity index (χ1) is 10.1. The summed E-state index contributed by atoms with van der Waals surface area (Å²) in [6.45, 7) is 12.6. The van der Waals surface area contributed by atoms with Crippen molar-refractivity contribution in [3.63, 3.8) is 0 Å². The highest BCUT2D eigenvalue weighted by Gasteiger charge is 2.30. The lowest BCUT2D eigenvalue weighted by Crippen LogP contribution is -2.52. The van der Waals surface area contributed by atoms with E-state index in [9.17, 15) is 0 Å². The Kier molecular flexibility index (Phi) is 6.22. The molecular formula is C18H30N2O. The molecule has 1 aromatic carbocycles. The zero-order valence-electron chi connectivity index (χ0n) is 13.8. The van der Waals surface area contributed by atoms with Gasteiger partial charge in [0.05, 0.1) is 13.2 Å². The fourth-order valence-electron chi connectivity index (χ4n) is 2.75. The molecule has 0 aromatic heterocycles. The summed E-state index contributed by atoms with van der Waals surface area (Å²) in [5.74, 6) is 0. The van der Waals surface area contributed by atoms with E-state index in [4.69, 9.17) is 4.74 Å². The number of morpholine rings is 1. The topological polar surface area (TPSA) is 24.5 Å². The molecule has 1 aromatic rings. The second kappa shape index (κ2) is 7.92. The molecule has 0 spiro atoms. The first-order valence-corrected chi connectivity index (χ1v) is 8.23. The molecule has 0 aliphatic carbocycles. The summed E-state index contributed by atoms with van der Waals surface area (Å²) >= 11 is 0. The SMILES string of the molecule is CCCNCCc1ccc(CN2CCOCC2(C)C)cc1. The van der Waals surface area contributed by atoms with Crippen molar-refractivity contribution in [3.8, 4) is 0 Å². The van der Waals surface area contributed by atoms with Crippen LogP contribution < -0.4 is 5.32 Å². The smallest absolute Gasteiger partial charge is 0.0645 e. The molecule has 0 unspecified atom stereocenters. The molecule has 1 saturated heterocycles. The second-order valence-electron chi connectivity index (χ2n) is 6.60. The zero-order chi connectivity index (χ0) is 15.1. The number of ether oxygens (including phenoxy) is 1. The van der Waals surface area contributed by atoms with E-state index in [1.165, 1.54) is 17.5 Å². The molecule has 1 aliphatic heterocycles. The van der Waals surface area contributed by atoms with E-state index in [0.29, 0.717) is 0 Å². The Morgan fingerprint density at radius 1 is 1.14 bits per heavy atom. The number of hydrogen-bond acceptors (Lipinski definition) is 3. The lowest BCUT2D eigenvalue weighted by atomic mass is 10.0. The Bertz CT molecular complexity index is 414. The highest BCUT2D eigenvalue weighted by molar-refractivity contribution is 5.23. The third-order valence-electron chi connectivity index (χ3n) is 4.23. The highest BCUT2D eigenvalue weighted by Crippen LogP contribution is 2.21. The number of benzene rings is 1. The van der Waals surface area contributed by atoms with Gasteiger partial charge in [0.15, 0.2) is 0 Å². The van der Waals surface area contributed by atoms with Crippen LogP contribution in [0.1, 0.15) is 38.3 Å². The molecule has 1 heterocycles. The molecule has 0 saturated carbocycles. The summed E-state index contributed by atoms with van der Waals surface area (Å²) in [6.07, 6.45) is 2.32. The van der Waals surface area contributed by atoms with Gasteiger partial charge in [-0.15, -0.1) is 0 Å². The van der Waals surface area contributed by atoms with Crippen LogP contribution in [0.4, 0.5) is 0 Å². The van der Waals surface area contributed by atoms with Crippen molar-refractivity contribution in [2.24, 2.45) is 0 Å². The van der Waals surface area contributed by atoms with Crippen molar-refractivity contribution < 1.29 is 4.74 Å². The van der Waals surface area contributed by atoms with Crippen molar-refractivity contribution in [2.45, 2.75) is 45.7 Å². The molecule has 118 valence electrons. The summed E-state index contributed by atoms with van der Waals surface area (Å²) in [5, 5.41) is 3.45. The summed E-state index contributed by atoms with van der Waals surface area (Å²) in [6, 6.07) is 9.11. The van der Waals surface area contributed by atoms with Crippen molar-refractivity contribution in [1.82, 2.24) is 10.2 Å². The highest BCUT2D eigenvalue weighted by atomic mass is 16.5. The molecule has 21 heavy (non-hydrogen) atoms. The van der Waals surface area contributed by atoms with Gasteiger partial charge in [-0.1, -0.05) is 31.2 Å². The van der Waals surface area contributed by atoms with E-state index in [-0.39, 0.29) is 5.54 Å². The standard InChI is InChI=1S/C18H30N2O/c1-4-10-19-11-9-16-5-7-17(8-6-16)14-20-12-13-21-15-18(20,2)3/h5-8,19H,4,9-15H2,1-3H3. The van der Waals surface area contributed by atoms with Gasteiger partial charge < -0.3 is 10.1 Å². The molecule has 0 atom stereocenters. The van der Waals surface area contributed by atoms with Crippen LogP contribution in [-0.4, -0.2) is 43.3 Å². The summed E-state index contributed by atoms with van der Waals surface area (Å²) in [7, 11) is 0. The fraction of sp³-hybridized carbons (Fsp3) is 0.667. The van der Waals surface area contributed by atoms with Gasteiger partial charge in [-0.25, -0.2) is 0 Å². The van der Waals surface area contributed by atoms with E-state index in [2.05, 4.69) is 55.3 Å². The van der Waals surface area contributed by atoms with Gasteiger partial charge in [0.1, 0.15) is 0 Å². The van der Waals surface area contributed by atoms with E-state index in [1.54, 1.807) is 0 Å². The van der Waals surface area contributed by atoms with E-state index >= 15 is 0 Å². The molecule has 0 radical (unpaired) electrons. The molecule has 3 heteroatoms. The quantitative estimate of drug-likeness (QED) is 0.782. The minimum atomic E-state index is 0.140. The van der Waals surface area contributed by atoms with Crippen LogP contribution in [0, 0.1) is 0 Å². The first-order valence-electron chi connectivity index (χ1n) is 8.23. The van der Waals surface area contributed by atoms with Gasteiger partial charge in [0.2, 0.25) is 0 Å². The van der Waals surface area contributed by atoms with Crippen molar-refractivity contribution in [3.05, 3.63) is 35.4 Å². The average molecular weight is 290 g/mol. The van der Waals surface area contributed by atoms with Gasteiger partial charge in [0.25, 0.3) is 0 Å². The van der Waals surface area contributed by atoms with Crippen LogP contribution in [0.3, 0.4) is 0 Å². The van der Waals surface area contributed by atoms with Gasteiger partial charge >= 0.3 is 0 Å². The minimum Gasteiger partial charge on any atom is -0.378 e. The lowest BCUT2D eigenvalue weighted by molar-refractivity contribution is -0.0552. The average Bonchev–Trinajstić information content (AvgIpc) is 2.47. The molecule has 2 rings (SSSR count). The molecule has 3 nitrogen and oxygen atoms in total. The predicted molar refractivity (Wildman–Crippen MR) is 88.6 cm³/mol. The third kappa shape index (κ3) is 5.10. The molecule has 0 amide bonds. The van der Waals surface area contributed by atoms with Gasteiger partial charge in [-0.2, -0.15) is 0 Å². The van der Waals surface area contributed by atoms with E-state index in [1.807, 2.05) is 0 Å². The Morgan fingerprint density at radius 2 is 1.86 bits per heavy atom. The summed E-state index contributed by atoms with van der Waals surface area (Å²) in [5.41, 5.74) is 2.96. The van der Waals surface area contributed by atoms with Crippen LogP contribution in [0.5, 0.6) is 0 Å². The van der Waals surface area contributed by atoms with Gasteiger partial charge in [-0.05, 0) is 50.9 Å². The molecule has 1 N–H and O–H groups in total. The molecular weight excluding hydrogens is 260 g/mol. The van der Waals surface area contributed by atoms with E-state index < -0.39 is 0 Å². The Balaban J connectivity index is 1.84. The van der Waals surface area contributed by atoms with Crippen LogP contribution in [0.25, 0.3) is 0 Å². The first kappa shape index (κ1) is 16.5. The number of nitrogens with zero attached hydrogens (tertiary/aromatic N) is 1. The number of hydrogen-bond donors (Lipinski definition) is 1. The number of rotatable bonds is 7. The largest absolute Gasteiger partial charge is 0.378 e. The normalized spacial score (nSPS) is 18.8. The third-order valence-corrected chi connectivity index (χ3v) is 4.23. The Labute approximate surface area is 129 Å². The Morgan fingerprint density at radius 3 is 2.52 bits per heavy atom. The molecule has 0 bridgehead atoms. The molecule has 1 fully saturated rings. The van der Waals surface area contributed by atoms with Crippen LogP contribution >= 0.6 is 0 Å².